The molecule has 2 nitrogen and oxygen atoms in total. The van der Waals surface area contributed by atoms with E-state index in [0.717, 1.165) is 13.1 Å². The second-order valence-electron chi connectivity index (χ2n) is 2.55. The molecule has 3 heteroatoms. The molecule has 1 unspecified atom stereocenters. The second kappa shape index (κ2) is 3.28. The van der Waals surface area contributed by atoms with Crippen LogP contribution in [0.4, 0.5) is 0 Å². The fraction of sp³-hybridized carbons (Fsp3) is 0.714. The molecule has 0 bridgehead atoms. The van der Waals surface area contributed by atoms with Gasteiger partial charge in [0.2, 0.25) is 0 Å². The van der Waals surface area contributed by atoms with E-state index in [1.165, 1.54) is 0 Å². The van der Waals surface area contributed by atoms with E-state index >= 15 is 0 Å². The van der Waals surface area contributed by atoms with Gasteiger partial charge in [0, 0.05) is 19.4 Å². The Kier molecular flexibility index (Phi) is 2.60. The first kappa shape index (κ1) is 7.92. The minimum absolute atomic E-state index is 0.494. The number of hydrogen-bond acceptors (Lipinski definition) is 2. The molecule has 0 radical (unpaired) electrons. The Hall–Kier alpha value is -0.180. The minimum atomic E-state index is 0.494. The van der Waals surface area contributed by atoms with Gasteiger partial charge in [0.25, 0.3) is 0 Å². The van der Waals surface area contributed by atoms with E-state index < -0.39 is 0 Å². The van der Waals surface area contributed by atoms with Crippen LogP contribution in [-0.2, 0) is 0 Å². The van der Waals surface area contributed by atoms with Crippen LogP contribution in [0.3, 0.4) is 0 Å². The van der Waals surface area contributed by atoms with Crippen LogP contribution in [-0.4, -0.2) is 28.5 Å². The van der Waals surface area contributed by atoms with Gasteiger partial charge in [0.1, 0.15) is 0 Å². The van der Waals surface area contributed by atoms with Gasteiger partial charge in [-0.25, -0.2) is 0 Å². The van der Waals surface area contributed by atoms with Gasteiger partial charge in [-0.2, -0.15) is 0 Å². The molecule has 0 aromatic rings. The van der Waals surface area contributed by atoms with Crippen molar-refractivity contribution in [3.05, 3.63) is 12.4 Å². The highest BCUT2D eigenvalue weighted by Crippen LogP contribution is 2.15. The maximum Gasteiger partial charge on any atom is 0.0901 e. The fourth-order valence-electron chi connectivity index (χ4n) is 0.968. The topological polar surface area (TPSA) is 6.48 Å². The number of rotatable bonds is 2. The standard InChI is InChI=1S/C7H13BrN2/c1-3-7(8)10-5-4-9(2)6-10/h4-5,7H,3,6H2,1-2H3. The van der Waals surface area contributed by atoms with Crippen LogP contribution in [0.25, 0.3) is 0 Å². The molecule has 1 heterocycles. The highest BCUT2D eigenvalue weighted by molar-refractivity contribution is 9.09. The van der Waals surface area contributed by atoms with Gasteiger partial charge in [-0.15, -0.1) is 0 Å². The maximum absolute atomic E-state index is 3.58. The molecule has 1 aliphatic heterocycles. The lowest BCUT2D eigenvalue weighted by Crippen LogP contribution is -2.28. The third-order valence-electron chi connectivity index (χ3n) is 1.60. The molecule has 0 spiro atoms. The van der Waals surface area contributed by atoms with Gasteiger partial charge in [0.15, 0.2) is 0 Å². The van der Waals surface area contributed by atoms with Crippen molar-refractivity contribution in [2.75, 3.05) is 13.7 Å². The molecular formula is C7H13BrN2. The van der Waals surface area contributed by atoms with E-state index in [-0.39, 0.29) is 0 Å². The molecule has 0 N–H and O–H groups in total. The molecule has 0 aromatic heterocycles. The number of halogens is 1. The van der Waals surface area contributed by atoms with E-state index in [0.29, 0.717) is 4.95 Å². The summed E-state index contributed by atoms with van der Waals surface area (Å²) < 4.78 is 0. The average Bonchev–Trinajstić information content (AvgIpc) is 2.34. The quantitative estimate of drug-likeness (QED) is 0.501. The summed E-state index contributed by atoms with van der Waals surface area (Å²) in [7, 11) is 2.08. The summed E-state index contributed by atoms with van der Waals surface area (Å²) in [6, 6.07) is 0. The van der Waals surface area contributed by atoms with Crippen LogP contribution < -0.4 is 0 Å². The second-order valence-corrected chi connectivity index (χ2v) is 3.61. The van der Waals surface area contributed by atoms with E-state index in [1.807, 2.05) is 0 Å². The van der Waals surface area contributed by atoms with Crippen LogP contribution >= 0.6 is 15.9 Å². The van der Waals surface area contributed by atoms with Crippen molar-refractivity contribution in [1.82, 2.24) is 9.80 Å². The van der Waals surface area contributed by atoms with Crippen molar-refractivity contribution in [3.8, 4) is 0 Å². The van der Waals surface area contributed by atoms with Crippen LogP contribution in [0.1, 0.15) is 13.3 Å². The first-order valence-corrected chi connectivity index (χ1v) is 4.44. The Bertz CT molecular complexity index is 136. The van der Waals surface area contributed by atoms with Crippen molar-refractivity contribution < 1.29 is 0 Å². The zero-order valence-electron chi connectivity index (χ0n) is 6.42. The predicted molar refractivity (Wildman–Crippen MR) is 46.6 cm³/mol. The lowest BCUT2D eigenvalue weighted by molar-refractivity contribution is 0.282. The Labute approximate surface area is 70.6 Å². The van der Waals surface area contributed by atoms with E-state index in [1.54, 1.807) is 0 Å². The fourth-order valence-corrected chi connectivity index (χ4v) is 1.23. The zero-order valence-corrected chi connectivity index (χ0v) is 8.00. The normalized spacial score (nSPS) is 20.3. The van der Waals surface area contributed by atoms with Crippen molar-refractivity contribution in [3.63, 3.8) is 0 Å². The van der Waals surface area contributed by atoms with Crippen molar-refractivity contribution in [2.45, 2.75) is 18.3 Å². The van der Waals surface area contributed by atoms with Crippen LogP contribution in [0, 0.1) is 0 Å². The third kappa shape index (κ3) is 1.66. The van der Waals surface area contributed by atoms with Crippen LogP contribution in [0.5, 0.6) is 0 Å². The highest BCUT2D eigenvalue weighted by Gasteiger charge is 2.13. The lowest BCUT2D eigenvalue weighted by atomic mass is 10.4. The Morgan fingerprint density at radius 3 is 2.70 bits per heavy atom. The number of hydrogen-bond donors (Lipinski definition) is 0. The molecule has 0 saturated heterocycles. The molecule has 1 atom stereocenters. The maximum atomic E-state index is 3.58. The first-order chi connectivity index (χ1) is 4.74. The van der Waals surface area contributed by atoms with Gasteiger partial charge in [-0.1, -0.05) is 22.9 Å². The minimum Gasteiger partial charge on any atom is -0.362 e. The molecule has 0 aliphatic carbocycles. The summed E-state index contributed by atoms with van der Waals surface area (Å²) in [6.45, 7) is 3.18. The summed E-state index contributed by atoms with van der Waals surface area (Å²) in [4.78, 5) is 4.91. The molecule has 0 aromatic carbocycles. The van der Waals surface area contributed by atoms with Gasteiger partial charge in [0.05, 0.1) is 11.6 Å². The summed E-state index contributed by atoms with van der Waals surface area (Å²) in [5.74, 6) is 0. The first-order valence-electron chi connectivity index (χ1n) is 3.52. The smallest absolute Gasteiger partial charge is 0.0901 e. The zero-order chi connectivity index (χ0) is 7.56. The molecule has 58 valence electrons. The predicted octanol–water partition coefficient (Wildman–Crippen LogP) is 1.79. The molecule has 0 saturated carbocycles. The molecular weight excluding hydrogens is 192 g/mol. The van der Waals surface area contributed by atoms with Gasteiger partial charge in [-0.3, -0.25) is 0 Å². The highest BCUT2D eigenvalue weighted by atomic mass is 79.9. The van der Waals surface area contributed by atoms with Gasteiger partial charge < -0.3 is 9.80 Å². The Balaban J connectivity index is 2.38. The molecule has 0 amide bonds. The van der Waals surface area contributed by atoms with E-state index in [2.05, 4.69) is 52.1 Å². The Morgan fingerprint density at radius 2 is 2.30 bits per heavy atom. The van der Waals surface area contributed by atoms with Gasteiger partial charge in [-0.05, 0) is 6.42 Å². The van der Waals surface area contributed by atoms with Gasteiger partial charge >= 0.3 is 0 Å². The SMILES string of the molecule is CCC(Br)N1C=CN(C)C1. The van der Waals surface area contributed by atoms with Crippen molar-refractivity contribution in [1.29, 1.82) is 0 Å². The molecule has 10 heavy (non-hydrogen) atoms. The Morgan fingerprint density at radius 1 is 1.60 bits per heavy atom. The summed E-state index contributed by atoms with van der Waals surface area (Å²) >= 11 is 3.58. The molecule has 1 rings (SSSR count). The van der Waals surface area contributed by atoms with Crippen LogP contribution in [0.15, 0.2) is 12.4 Å². The monoisotopic (exact) mass is 204 g/mol. The van der Waals surface area contributed by atoms with E-state index in [9.17, 15) is 0 Å². The third-order valence-corrected chi connectivity index (χ3v) is 2.77. The van der Waals surface area contributed by atoms with Crippen LogP contribution in [0.2, 0.25) is 0 Å². The molecule has 0 fully saturated rings. The number of nitrogens with zero attached hydrogens (tertiary/aromatic N) is 2. The average molecular weight is 205 g/mol. The molecule has 1 aliphatic rings. The van der Waals surface area contributed by atoms with E-state index in [4.69, 9.17) is 0 Å². The lowest BCUT2D eigenvalue weighted by Gasteiger charge is -2.22. The summed E-state index contributed by atoms with van der Waals surface area (Å²) in [5, 5.41) is 0. The summed E-state index contributed by atoms with van der Waals surface area (Å²) in [6.07, 6.45) is 5.34. The van der Waals surface area contributed by atoms with Crippen molar-refractivity contribution >= 4 is 15.9 Å². The summed E-state index contributed by atoms with van der Waals surface area (Å²) in [5.41, 5.74) is 0. The van der Waals surface area contributed by atoms with Crippen molar-refractivity contribution in [2.24, 2.45) is 0 Å². The number of alkyl halides is 1. The largest absolute Gasteiger partial charge is 0.362 e.